The number of rotatable bonds is 5. The van der Waals surface area contributed by atoms with Crippen LogP contribution in [0.3, 0.4) is 0 Å². The molecule has 2 heterocycles. The van der Waals surface area contributed by atoms with Gasteiger partial charge in [0.15, 0.2) is 5.54 Å². The van der Waals surface area contributed by atoms with Gasteiger partial charge in [0, 0.05) is 13.1 Å². The summed E-state index contributed by atoms with van der Waals surface area (Å²) in [6.45, 7) is -1.98. The van der Waals surface area contributed by atoms with Crippen LogP contribution in [0.5, 0.6) is 0 Å². The highest BCUT2D eigenvalue weighted by Gasteiger charge is 2.55. The molecular weight excluding hydrogens is 446 g/mol. The van der Waals surface area contributed by atoms with Crippen LogP contribution in [-0.4, -0.2) is 86.6 Å². The lowest BCUT2D eigenvalue weighted by Crippen LogP contribution is -2.72. The van der Waals surface area contributed by atoms with E-state index in [1.54, 1.807) is 42.5 Å². The van der Waals surface area contributed by atoms with E-state index in [2.05, 4.69) is 0 Å². The lowest BCUT2D eigenvalue weighted by atomic mass is 9.93. The highest BCUT2D eigenvalue weighted by Crippen LogP contribution is 2.30. The molecule has 0 aromatic heterocycles. The third-order valence-corrected chi connectivity index (χ3v) is 5.95. The van der Waals surface area contributed by atoms with E-state index in [0.29, 0.717) is 5.56 Å². The summed E-state index contributed by atoms with van der Waals surface area (Å²) in [6, 6.07) is 14.8. The monoisotopic (exact) mass is 467 g/mol. The first-order valence-corrected chi connectivity index (χ1v) is 10.4. The highest BCUT2D eigenvalue weighted by atomic mass is 16.6. The maximum absolute atomic E-state index is 13.0. The van der Waals surface area contributed by atoms with Crippen molar-refractivity contribution in [3.63, 3.8) is 0 Å². The Labute approximate surface area is 193 Å². The molecule has 2 aromatic rings. The van der Waals surface area contributed by atoms with Crippen LogP contribution in [0, 0.1) is 0 Å². The van der Waals surface area contributed by atoms with Crippen LogP contribution in [0.1, 0.15) is 26.3 Å². The maximum atomic E-state index is 13.0. The fourth-order valence-corrected chi connectivity index (χ4v) is 4.17. The molecule has 1 saturated heterocycles. The minimum Gasteiger partial charge on any atom is -0.479 e. The number of carboxylic acids is 1. The minimum absolute atomic E-state index is 0.108. The molecule has 0 radical (unpaired) electrons. The molecule has 176 valence electrons. The Kier molecular flexibility index (Phi) is 5.93. The van der Waals surface area contributed by atoms with Crippen LogP contribution in [0.4, 0.5) is 9.59 Å². The van der Waals surface area contributed by atoms with Crippen molar-refractivity contribution in [1.82, 2.24) is 14.7 Å². The molecule has 0 spiro atoms. The molecule has 1 unspecified atom stereocenters. The number of piperazine rings is 1. The molecular formula is C23H21N3O8. The van der Waals surface area contributed by atoms with Crippen molar-refractivity contribution >= 4 is 30.0 Å². The van der Waals surface area contributed by atoms with E-state index in [0.717, 1.165) is 14.7 Å². The number of carboxylic acid groups (broad SMARTS) is 2. The van der Waals surface area contributed by atoms with Crippen LogP contribution in [-0.2, 0) is 16.1 Å². The molecule has 2 aliphatic rings. The summed E-state index contributed by atoms with van der Waals surface area (Å²) in [5.41, 5.74) is -1.35. The number of hydrogen-bond donors (Lipinski definition) is 2. The Morgan fingerprint density at radius 2 is 1.47 bits per heavy atom. The number of amides is 4. The van der Waals surface area contributed by atoms with Crippen molar-refractivity contribution in [2.24, 2.45) is 0 Å². The van der Waals surface area contributed by atoms with E-state index in [4.69, 9.17) is 4.74 Å². The number of fused-ring (bicyclic) bond motifs is 1. The Hall–Kier alpha value is -4.41. The van der Waals surface area contributed by atoms with Gasteiger partial charge in [-0.25, -0.2) is 14.4 Å². The van der Waals surface area contributed by atoms with Gasteiger partial charge in [0.05, 0.1) is 24.2 Å². The van der Waals surface area contributed by atoms with E-state index in [9.17, 15) is 34.2 Å². The van der Waals surface area contributed by atoms with E-state index in [1.807, 2.05) is 0 Å². The summed E-state index contributed by atoms with van der Waals surface area (Å²) in [5.74, 6) is -3.00. The zero-order valence-electron chi connectivity index (χ0n) is 17.9. The van der Waals surface area contributed by atoms with E-state index in [1.165, 1.54) is 12.1 Å². The third-order valence-electron chi connectivity index (χ3n) is 5.95. The van der Waals surface area contributed by atoms with Gasteiger partial charge in [-0.15, -0.1) is 0 Å². The first-order chi connectivity index (χ1) is 16.2. The second-order valence-corrected chi connectivity index (χ2v) is 7.97. The van der Waals surface area contributed by atoms with Gasteiger partial charge in [-0.2, -0.15) is 0 Å². The SMILES string of the molecule is O=C(O)N1CCN(C(=O)OCc2ccccc2)C(CN2C(=O)c3ccccc3C2=O)(C(=O)O)C1. The molecule has 4 rings (SSSR count). The summed E-state index contributed by atoms with van der Waals surface area (Å²) >= 11 is 0. The highest BCUT2D eigenvalue weighted by molar-refractivity contribution is 6.21. The second-order valence-electron chi connectivity index (χ2n) is 7.97. The first-order valence-electron chi connectivity index (χ1n) is 10.4. The number of carbonyl (C=O) groups is 5. The molecule has 2 aromatic carbocycles. The first kappa shape index (κ1) is 22.8. The van der Waals surface area contributed by atoms with E-state index < -0.39 is 48.6 Å². The molecule has 11 heteroatoms. The van der Waals surface area contributed by atoms with Crippen molar-refractivity contribution in [1.29, 1.82) is 0 Å². The predicted molar refractivity (Wildman–Crippen MR) is 115 cm³/mol. The standard InChI is InChI=1S/C23H21N3O8/c27-18-16-8-4-5-9-17(16)19(28)25(18)14-23(20(29)30)13-24(21(31)32)10-11-26(23)22(33)34-12-15-6-2-1-3-7-15/h1-9H,10-14H2,(H,29,30)(H,31,32). The number of hydrogen-bond acceptors (Lipinski definition) is 6. The topological polar surface area (TPSA) is 145 Å². The Balaban J connectivity index is 1.65. The number of imide groups is 1. The quantitative estimate of drug-likeness (QED) is 0.633. The van der Waals surface area contributed by atoms with Crippen molar-refractivity contribution in [3.05, 3.63) is 71.3 Å². The minimum atomic E-state index is -2.24. The number of ether oxygens (including phenoxy) is 1. The Bertz CT molecular complexity index is 1130. The zero-order chi connectivity index (χ0) is 24.5. The van der Waals surface area contributed by atoms with Gasteiger partial charge in [0.2, 0.25) is 0 Å². The van der Waals surface area contributed by atoms with Gasteiger partial charge in [-0.3, -0.25) is 19.4 Å². The molecule has 0 bridgehead atoms. The fraction of sp³-hybridized carbons (Fsp3) is 0.261. The summed E-state index contributed by atoms with van der Waals surface area (Å²) in [6.07, 6.45) is -2.38. The lowest BCUT2D eigenvalue weighted by molar-refractivity contribution is -0.155. The average Bonchev–Trinajstić information content (AvgIpc) is 3.07. The van der Waals surface area contributed by atoms with Crippen LogP contribution in [0.2, 0.25) is 0 Å². The third kappa shape index (κ3) is 3.91. The predicted octanol–water partition coefficient (Wildman–Crippen LogP) is 1.74. The molecule has 2 N–H and O–H groups in total. The molecule has 11 nitrogen and oxygen atoms in total. The largest absolute Gasteiger partial charge is 0.479 e. The van der Waals surface area contributed by atoms with Crippen LogP contribution < -0.4 is 0 Å². The Morgan fingerprint density at radius 3 is 2.03 bits per heavy atom. The molecule has 2 aliphatic heterocycles. The zero-order valence-corrected chi connectivity index (χ0v) is 17.9. The van der Waals surface area contributed by atoms with E-state index in [-0.39, 0.29) is 30.8 Å². The number of benzene rings is 2. The summed E-state index contributed by atoms with van der Waals surface area (Å²) in [7, 11) is 0. The Morgan fingerprint density at radius 1 is 0.882 bits per heavy atom. The summed E-state index contributed by atoms with van der Waals surface area (Å²) in [4.78, 5) is 65.5. The van der Waals surface area contributed by atoms with Crippen LogP contribution in [0.25, 0.3) is 0 Å². The fourth-order valence-electron chi connectivity index (χ4n) is 4.17. The van der Waals surface area contributed by atoms with Crippen molar-refractivity contribution < 1.29 is 38.9 Å². The van der Waals surface area contributed by atoms with Gasteiger partial charge in [-0.05, 0) is 17.7 Å². The van der Waals surface area contributed by atoms with Crippen molar-refractivity contribution in [2.45, 2.75) is 12.1 Å². The van der Waals surface area contributed by atoms with Gasteiger partial charge in [0.1, 0.15) is 6.61 Å². The lowest BCUT2D eigenvalue weighted by Gasteiger charge is -2.47. The van der Waals surface area contributed by atoms with Gasteiger partial charge in [0.25, 0.3) is 11.8 Å². The normalized spacial score (nSPS) is 19.7. The number of aliphatic carboxylic acids is 1. The molecule has 0 saturated carbocycles. The van der Waals surface area contributed by atoms with Gasteiger partial charge < -0.3 is 19.8 Å². The molecule has 0 aliphatic carbocycles. The van der Waals surface area contributed by atoms with Gasteiger partial charge >= 0.3 is 18.2 Å². The second kappa shape index (κ2) is 8.85. The van der Waals surface area contributed by atoms with Crippen molar-refractivity contribution in [2.75, 3.05) is 26.2 Å². The van der Waals surface area contributed by atoms with E-state index >= 15 is 0 Å². The van der Waals surface area contributed by atoms with Crippen LogP contribution >= 0.6 is 0 Å². The smallest absolute Gasteiger partial charge is 0.411 e. The molecule has 1 fully saturated rings. The molecule has 34 heavy (non-hydrogen) atoms. The van der Waals surface area contributed by atoms with Gasteiger partial charge in [-0.1, -0.05) is 42.5 Å². The molecule has 4 amide bonds. The maximum Gasteiger partial charge on any atom is 0.411 e. The van der Waals surface area contributed by atoms with Crippen molar-refractivity contribution in [3.8, 4) is 0 Å². The number of carbonyl (C=O) groups excluding carboxylic acids is 3. The average molecular weight is 467 g/mol. The summed E-state index contributed by atoms with van der Waals surface area (Å²) < 4.78 is 5.32. The molecule has 1 atom stereocenters. The summed E-state index contributed by atoms with van der Waals surface area (Å²) in [5, 5.41) is 19.7. The number of nitrogens with zero attached hydrogens (tertiary/aromatic N) is 3. The van der Waals surface area contributed by atoms with Crippen LogP contribution in [0.15, 0.2) is 54.6 Å².